The van der Waals surface area contributed by atoms with E-state index in [2.05, 4.69) is 19.5 Å². The summed E-state index contributed by atoms with van der Waals surface area (Å²) in [5.41, 5.74) is 1.70. The molecule has 1 fully saturated rings. The molecule has 1 saturated carbocycles. The lowest BCUT2D eigenvalue weighted by molar-refractivity contribution is 0.226. The van der Waals surface area contributed by atoms with Crippen LogP contribution in [0, 0.1) is 10.6 Å². The first-order valence-corrected chi connectivity index (χ1v) is 6.21. The van der Waals surface area contributed by atoms with Gasteiger partial charge in [0.05, 0.1) is 12.7 Å². The molecule has 2 aromatic rings. The van der Waals surface area contributed by atoms with Gasteiger partial charge in [0, 0.05) is 12.6 Å². The van der Waals surface area contributed by atoms with Crippen LogP contribution in [-0.2, 0) is 0 Å². The summed E-state index contributed by atoms with van der Waals surface area (Å²) in [6.07, 6.45) is 6.60. The third-order valence-corrected chi connectivity index (χ3v) is 3.84. The summed E-state index contributed by atoms with van der Waals surface area (Å²) in [5, 5.41) is 9.18. The third kappa shape index (κ3) is 1.77. The molecule has 0 amide bonds. The molecule has 1 aliphatic rings. The van der Waals surface area contributed by atoms with Crippen LogP contribution in [0.2, 0.25) is 0 Å². The maximum absolute atomic E-state index is 9.18. The highest BCUT2D eigenvalue weighted by Crippen LogP contribution is 2.35. The highest BCUT2D eigenvalue weighted by atomic mass is 32.1. The van der Waals surface area contributed by atoms with Gasteiger partial charge < -0.3 is 14.7 Å². The van der Waals surface area contributed by atoms with E-state index in [9.17, 15) is 5.11 Å². The van der Waals surface area contributed by atoms with Crippen molar-refractivity contribution in [1.29, 1.82) is 0 Å². The third-order valence-electron chi connectivity index (χ3n) is 3.54. The maximum Gasteiger partial charge on any atom is 0.157 e. The summed E-state index contributed by atoms with van der Waals surface area (Å²) < 4.78 is 2.66. The van der Waals surface area contributed by atoms with Gasteiger partial charge in [0.15, 0.2) is 4.64 Å². The van der Waals surface area contributed by atoms with Crippen molar-refractivity contribution < 1.29 is 5.11 Å². The Morgan fingerprint density at radius 2 is 2.35 bits per heavy atom. The molecular formula is C11H14N4OS. The van der Waals surface area contributed by atoms with Crippen LogP contribution in [0.5, 0.6) is 0 Å². The SMILES string of the molecule is OC[C@@H]1CC[C@H](n2cnc3c(=S)nc[nH]c32)C1. The largest absolute Gasteiger partial charge is 0.396 e. The minimum atomic E-state index is 0.278. The number of fused-ring (bicyclic) bond motifs is 1. The number of aromatic amines is 1. The van der Waals surface area contributed by atoms with Crippen molar-refractivity contribution in [1.82, 2.24) is 19.5 Å². The number of aliphatic hydroxyl groups is 1. The first-order valence-electron chi connectivity index (χ1n) is 5.80. The number of nitrogens with one attached hydrogen (secondary N) is 1. The van der Waals surface area contributed by atoms with Gasteiger partial charge in [0.1, 0.15) is 11.2 Å². The molecule has 0 bridgehead atoms. The Morgan fingerprint density at radius 1 is 1.47 bits per heavy atom. The van der Waals surface area contributed by atoms with Crippen molar-refractivity contribution in [3.63, 3.8) is 0 Å². The Bertz CT molecular complexity index is 590. The van der Waals surface area contributed by atoms with Crippen molar-refractivity contribution in [3.8, 4) is 0 Å². The van der Waals surface area contributed by atoms with Crippen molar-refractivity contribution in [2.24, 2.45) is 5.92 Å². The Morgan fingerprint density at radius 3 is 3.12 bits per heavy atom. The molecule has 0 aromatic carbocycles. The smallest absolute Gasteiger partial charge is 0.157 e. The van der Waals surface area contributed by atoms with Crippen molar-refractivity contribution in [2.75, 3.05) is 6.61 Å². The normalized spacial score (nSPS) is 24.5. The van der Waals surface area contributed by atoms with Gasteiger partial charge in [-0.3, -0.25) is 0 Å². The lowest BCUT2D eigenvalue weighted by atomic mass is 10.1. The molecule has 0 aliphatic heterocycles. The molecule has 1 aliphatic carbocycles. The van der Waals surface area contributed by atoms with Gasteiger partial charge in [-0.05, 0) is 25.2 Å². The van der Waals surface area contributed by atoms with E-state index in [-0.39, 0.29) is 6.61 Å². The van der Waals surface area contributed by atoms with Crippen LogP contribution in [0.15, 0.2) is 12.7 Å². The minimum absolute atomic E-state index is 0.278. The second-order valence-corrected chi connectivity index (χ2v) is 4.96. The number of hydrogen-bond acceptors (Lipinski definition) is 4. The Balaban J connectivity index is 2.02. The maximum atomic E-state index is 9.18. The van der Waals surface area contributed by atoms with Crippen LogP contribution in [0.1, 0.15) is 25.3 Å². The average molecular weight is 250 g/mol. The van der Waals surface area contributed by atoms with Crippen LogP contribution >= 0.6 is 12.2 Å². The van der Waals surface area contributed by atoms with Crippen LogP contribution in [-0.4, -0.2) is 31.2 Å². The highest BCUT2D eigenvalue weighted by Gasteiger charge is 2.26. The summed E-state index contributed by atoms with van der Waals surface area (Å²) in [4.78, 5) is 11.4. The van der Waals surface area contributed by atoms with Gasteiger partial charge in [-0.25, -0.2) is 9.97 Å². The van der Waals surface area contributed by atoms with E-state index in [1.165, 1.54) is 0 Å². The number of imidazole rings is 1. The van der Waals surface area contributed by atoms with Gasteiger partial charge in [0.2, 0.25) is 0 Å². The predicted octanol–water partition coefficient (Wildman–Crippen LogP) is 1.82. The monoisotopic (exact) mass is 250 g/mol. The average Bonchev–Trinajstić information content (AvgIpc) is 2.94. The highest BCUT2D eigenvalue weighted by molar-refractivity contribution is 7.71. The second kappa shape index (κ2) is 4.19. The molecule has 6 heteroatoms. The van der Waals surface area contributed by atoms with E-state index < -0.39 is 0 Å². The number of aliphatic hydroxyl groups excluding tert-OH is 1. The number of nitrogens with zero attached hydrogens (tertiary/aromatic N) is 3. The Labute approximate surface area is 104 Å². The Kier molecular flexibility index (Phi) is 2.68. The standard InChI is InChI=1S/C11H14N4OS/c16-4-7-1-2-8(3-7)15-6-14-9-10(15)12-5-13-11(9)17/h5-8,16H,1-4H2,(H,12,13,17)/t7-,8+/m1/s1. The molecule has 0 radical (unpaired) electrons. The molecule has 17 heavy (non-hydrogen) atoms. The molecule has 2 N–H and O–H groups in total. The van der Waals surface area contributed by atoms with Gasteiger partial charge in [-0.1, -0.05) is 12.2 Å². The van der Waals surface area contributed by atoms with Gasteiger partial charge in [-0.15, -0.1) is 0 Å². The number of H-pyrrole nitrogens is 1. The van der Waals surface area contributed by atoms with E-state index in [0.29, 0.717) is 16.6 Å². The lowest BCUT2D eigenvalue weighted by Gasteiger charge is -2.12. The molecule has 5 nitrogen and oxygen atoms in total. The van der Waals surface area contributed by atoms with Crippen molar-refractivity contribution in [3.05, 3.63) is 17.3 Å². The molecule has 90 valence electrons. The molecule has 2 atom stereocenters. The lowest BCUT2D eigenvalue weighted by Crippen LogP contribution is -2.06. The Hall–Kier alpha value is -1.27. The minimum Gasteiger partial charge on any atom is -0.396 e. The molecule has 0 unspecified atom stereocenters. The fourth-order valence-electron chi connectivity index (χ4n) is 2.62. The van der Waals surface area contributed by atoms with E-state index in [1.54, 1.807) is 6.33 Å². The predicted molar refractivity (Wildman–Crippen MR) is 66.2 cm³/mol. The number of hydrogen-bond donors (Lipinski definition) is 2. The molecule has 2 heterocycles. The van der Waals surface area contributed by atoms with E-state index in [1.807, 2.05) is 6.33 Å². The zero-order valence-electron chi connectivity index (χ0n) is 9.33. The van der Waals surface area contributed by atoms with E-state index in [0.717, 1.165) is 30.4 Å². The summed E-state index contributed by atoms with van der Waals surface area (Å²) in [5.74, 6) is 0.419. The van der Waals surface area contributed by atoms with Gasteiger partial charge in [-0.2, -0.15) is 0 Å². The summed E-state index contributed by atoms with van der Waals surface area (Å²) >= 11 is 5.14. The van der Waals surface area contributed by atoms with Gasteiger partial charge in [0.25, 0.3) is 0 Å². The molecule has 0 saturated heterocycles. The zero-order chi connectivity index (χ0) is 11.8. The summed E-state index contributed by atoms with van der Waals surface area (Å²) in [7, 11) is 0. The fraction of sp³-hybridized carbons (Fsp3) is 0.545. The van der Waals surface area contributed by atoms with E-state index in [4.69, 9.17) is 12.2 Å². The molecule has 2 aromatic heterocycles. The number of aromatic nitrogens is 4. The first kappa shape index (κ1) is 10.9. The van der Waals surface area contributed by atoms with Crippen molar-refractivity contribution in [2.45, 2.75) is 25.3 Å². The summed E-state index contributed by atoms with van der Waals surface area (Å²) in [6, 6.07) is 0.408. The first-order chi connectivity index (χ1) is 8.29. The molecular weight excluding hydrogens is 236 g/mol. The quantitative estimate of drug-likeness (QED) is 0.798. The topological polar surface area (TPSA) is 66.7 Å². The fourth-order valence-corrected chi connectivity index (χ4v) is 2.82. The molecule has 0 spiro atoms. The van der Waals surface area contributed by atoms with Crippen LogP contribution in [0.4, 0.5) is 0 Å². The van der Waals surface area contributed by atoms with Gasteiger partial charge >= 0.3 is 0 Å². The van der Waals surface area contributed by atoms with Crippen LogP contribution < -0.4 is 0 Å². The van der Waals surface area contributed by atoms with Crippen LogP contribution in [0.3, 0.4) is 0 Å². The number of rotatable bonds is 2. The zero-order valence-corrected chi connectivity index (χ0v) is 10.2. The van der Waals surface area contributed by atoms with Crippen molar-refractivity contribution >= 4 is 23.4 Å². The summed E-state index contributed by atoms with van der Waals surface area (Å²) in [6.45, 7) is 0.278. The van der Waals surface area contributed by atoms with E-state index >= 15 is 0 Å². The molecule has 3 rings (SSSR count). The second-order valence-electron chi connectivity index (χ2n) is 4.57. The van der Waals surface area contributed by atoms with Crippen LogP contribution in [0.25, 0.3) is 11.2 Å².